The van der Waals surface area contributed by atoms with Gasteiger partial charge in [-0.05, 0) is 30.4 Å². The molecule has 0 bridgehead atoms. The zero-order valence-corrected chi connectivity index (χ0v) is 12.1. The number of piperidine rings is 1. The molecule has 1 aromatic carbocycles. The van der Waals surface area contributed by atoms with Crippen molar-refractivity contribution < 1.29 is 31.9 Å². The van der Waals surface area contributed by atoms with Gasteiger partial charge in [0.25, 0.3) is 0 Å². The van der Waals surface area contributed by atoms with Gasteiger partial charge in [-0.15, -0.1) is 0 Å². The Morgan fingerprint density at radius 2 is 1.87 bits per heavy atom. The Labute approximate surface area is 129 Å². The van der Waals surface area contributed by atoms with Crippen LogP contribution < -0.4 is 0 Å². The first-order valence-corrected chi connectivity index (χ1v) is 7.15. The number of amides is 1. The van der Waals surface area contributed by atoms with E-state index in [2.05, 4.69) is 0 Å². The van der Waals surface area contributed by atoms with Gasteiger partial charge in [0.05, 0.1) is 6.42 Å². The summed E-state index contributed by atoms with van der Waals surface area (Å²) < 4.78 is 63.7. The number of benzene rings is 1. The van der Waals surface area contributed by atoms with Crippen LogP contribution in [0.2, 0.25) is 0 Å². The molecule has 1 N–H and O–H groups in total. The smallest absolute Gasteiger partial charge is 0.383 e. The maximum absolute atomic E-state index is 13.5. The lowest BCUT2D eigenvalue weighted by Crippen LogP contribution is -2.45. The number of carbonyl (C=O) groups excluding carboxylic acids is 1. The quantitative estimate of drug-likeness (QED) is 0.862. The molecular formula is C15H16F5NO2. The number of carbonyl (C=O) groups is 1. The van der Waals surface area contributed by atoms with E-state index in [1.54, 1.807) is 0 Å². The number of rotatable bonds is 3. The van der Waals surface area contributed by atoms with E-state index in [4.69, 9.17) is 0 Å². The van der Waals surface area contributed by atoms with Crippen molar-refractivity contribution in [3.63, 3.8) is 0 Å². The van der Waals surface area contributed by atoms with Crippen molar-refractivity contribution in [1.82, 2.24) is 4.90 Å². The van der Waals surface area contributed by atoms with E-state index < -0.39 is 35.7 Å². The monoisotopic (exact) mass is 337 g/mol. The molecule has 1 aromatic rings. The van der Waals surface area contributed by atoms with Gasteiger partial charge in [0.15, 0.2) is 6.10 Å². The Kier molecular flexibility index (Phi) is 5.23. The predicted molar refractivity (Wildman–Crippen MR) is 71.4 cm³/mol. The van der Waals surface area contributed by atoms with Gasteiger partial charge in [0.2, 0.25) is 5.91 Å². The van der Waals surface area contributed by atoms with Crippen molar-refractivity contribution in [2.45, 2.75) is 31.5 Å². The number of aliphatic hydroxyl groups excluding tert-OH is 1. The summed E-state index contributed by atoms with van der Waals surface area (Å²) in [5.41, 5.74) is 0.0360. The summed E-state index contributed by atoms with van der Waals surface area (Å²) in [6.45, 7) is 0.138. The van der Waals surface area contributed by atoms with Crippen LogP contribution in [0.25, 0.3) is 0 Å². The lowest BCUT2D eigenvalue weighted by atomic mass is 9.90. The molecule has 1 aliphatic rings. The molecule has 1 amide bonds. The van der Waals surface area contributed by atoms with E-state index in [-0.39, 0.29) is 37.9 Å². The Bertz CT molecular complexity index is 567. The molecule has 0 radical (unpaired) electrons. The van der Waals surface area contributed by atoms with E-state index in [1.807, 2.05) is 0 Å². The van der Waals surface area contributed by atoms with Crippen molar-refractivity contribution in [3.05, 3.63) is 35.4 Å². The number of hydrogen-bond donors (Lipinski definition) is 1. The van der Waals surface area contributed by atoms with Crippen molar-refractivity contribution in [2.75, 3.05) is 13.1 Å². The largest absolute Gasteiger partial charge is 0.414 e. The van der Waals surface area contributed by atoms with Gasteiger partial charge in [-0.1, -0.05) is 6.07 Å². The SMILES string of the molecule is O=C(Cc1ccc(F)cc1F)N1CCC(C(O)C(F)(F)F)CC1. The van der Waals surface area contributed by atoms with Gasteiger partial charge in [-0.25, -0.2) is 8.78 Å². The molecule has 3 nitrogen and oxygen atoms in total. The molecule has 1 aliphatic heterocycles. The average molecular weight is 337 g/mol. The first kappa shape index (κ1) is 17.7. The van der Waals surface area contributed by atoms with Gasteiger partial charge in [0.1, 0.15) is 11.6 Å². The molecule has 1 heterocycles. The van der Waals surface area contributed by atoms with Crippen LogP contribution in [0.3, 0.4) is 0 Å². The van der Waals surface area contributed by atoms with Gasteiger partial charge in [0, 0.05) is 19.2 Å². The average Bonchev–Trinajstić information content (AvgIpc) is 2.48. The molecule has 1 saturated heterocycles. The van der Waals surface area contributed by atoms with Crippen LogP contribution in [0.5, 0.6) is 0 Å². The van der Waals surface area contributed by atoms with Crippen LogP contribution in [0.4, 0.5) is 22.0 Å². The molecule has 1 unspecified atom stereocenters. The normalized spacial score (nSPS) is 18.1. The maximum atomic E-state index is 13.5. The standard InChI is InChI=1S/C15H16F5NO2/c16-11-2-1-10(12(17)8-11)7-13(22)21-5-3-9(4-6-21)14(23)15(18,19)20/h1-2,8-9,14,23H,3-7H2. The first-order chi connectivity index (χ1) is 10.7. The van der Waals surface area contributed by atoms with Crippen LogP contribution in [-0.2, 0) is 11.2 Å². The second-order valence-corrected chi connectivity index (χ2v) is 5.62. The molecule has 0 spiro atoms. The van der Waals surface area contributed by atoms with Crippen LogP contribution in [-0.4, -0.2) is 41.3 Å². The maximum Gasteiger partial charge on any atom is 0.414 e. The van der Waals surface area contributed by atoms with Gasteiger partial charge >= 0.3 is 6.18 Å². The molecule has 0 aliphatic carbocycles. The fraction of sp³-hybridized carbons (Fsp3) is 0.533. The number of halogens is 5. The van der Waals surface area contributed by atoms with Crippen molar-refractivity contribution in [2.24, 2.45) is 5.92 Å². The van der Waals surface area contributed by atoms with Gasteiger partial charge < -0.3 is 10.0 Å². The minimum absolute atomic E-state index is 0.0261. The Morgan fingerprint density at radius 1 is 1.26 bits per heavy atom. The molecular weight excluding hydrogens is 321 g/mol. The summed E-state index contributed by atoms with van der Waals surface area (Å²) in [4.78, 5) is 13.4. The molecule has 0 aromatic heterocycles. The zero-order chi connectivity index (χ0) is 17.2. The number of alkyl halides is 3. The van der Waals surface area contributed by atoms with Crippen LogP contribution in [0, 0.1) is 17.6 Å². The third kappa shape index (κ3) is 4.40. The molecule has 1 atom stereocenters. The summed E-state index contributed by atoms with van der Waals surface area (Å²) in [5, 5.41) is 9.22. The second kappa shape index (κ2) is 6.82. The third-order valence-electron chi connectivity index (χ3n) is 4.03. The molecule has 128 valence electrons. The summed E-state index contributed by atoms with van der Waals surface area (Å²) in [7, 11) is 0. The second-order valence-electron chi connectivity index (χ2n) is 5.62. The first-order valence-electron chi connectivity index (χ1n) is 7.15. The fourth-order valence-corrected chi connectivity index (χ4v) is 2.67. The Morgan fingerprint density at radius 3 is 2.39 bits per heavy atom. The highest BCUT2D eigenvalue weighted by atomic mass is 19.4. The lowest BCUT2D eigenvalue weighted by Gasteiger charge is -2.34. The van der Waals surface area contributed by atoms with Crippen molar-refractivity contribution in [3.8, 4) is 0 Å². The van der Waals surface area contributed by atoms with Crippen LogP contribution in [0.1, 0.15) is 18.4 Å². The molecule has 23 heavy (non-hydrogen) atoms. The summed E-state index contributed by atoms with van der Waals surface area (Å²) in [5.74, 6) is -2.96. The number of aliphatic hydroxyl groups is 1. The summed E-state index contributed by atoms with van der Waals surface area (Å²) >= 11 is 0. The van der Waals surface area contributed by atoms with Gasteiger partial charge in [-0.2, -0.15) is 13.2 Å². The van der Waals surface area contributed by atoms with Gasteiger partial charge in [-0.3, -0.25) is 4.79 Å². The van der Waals surface area contributed by atoms with Crippen molar-refractivity contribution >= 4 is 5.91 Å². The highest BCUT2D eigenvalue weighted by Gasteiger charge is 2.44. The van der Waals surface area contributed by atoms with E-state index in [9.17, 15) is 31.9 Å². The van der Waals surface area contributed by atoms with E-state index in [1.165, 1.54) is 11.0 Å². The Balaban J connectivity index is 1.91. The fourth-order valence-electron chi connectivity index (χ4n) is 2.67. The number of hydrogen-bond acceptors (Lipinski definition) is 2. The summed E-state index contributed by atoms with van der Waals surface area (Å²) in [6, 6.07) is 2.88. The summed E-state index contributed by atoms with van der Waals surface area (Å²) in [6.07, 6.45) is -7.29. The van der Waals surface area contributed by atoms with E-state index >= 15 is 0 Å². The van der Waals surface area contributed by atoms with E-state index in [0.29, 0.717) is 6.07 Å². The topological polar surface area (TPSA) is 40.5 Å². The molecule has 2 rings (SSSR count). The minimum atomic E-state index is -4.67. The number of likely N-dealkylation sites (tertiary alicyclic amines) is 1. The molecule has 0 saturated carbocycles. The highest BCUT2D eigenvalue weighted by molar-refractivity contribution is 5.78. The third-order valence-corrected chi connectivity index (χ3v) is 4.03. The van der Waals surface area contributed by atoms with Crippen molar-refractivity contribution in [1.29, 1.82) is 0 Å². The molecule has 8 heteroatoms. The number of nitrogens with zero attached hydrogens (tertiary/aromatic N) is 1. The molecule has 1 fully saturated rings. The lowest BCUT2D eigenvalue weighted by molar-refractivity contribution is -0.222. The Hall–Kier alpha value is -1.70. The minimum Gasteiger partial charge on any atom is -0.383 e. The zero-order valence-electron chi connectivity index (χ0n) is 12.1. The van der Waals surface area contributed by atoms with Crippen LogP contribution >= 0.6 is 0 Å². The highest BCUT2D eigenvalue weighted by Crippen LogP contribution is 2.31. The predicted octanol–water partition coefficient (Wildman–Crippen LogP) is 2.67. The van der Waals surface area contributed by atoms with Crippen LogP contribution in [0.15, 0.2) is 18.2 Å². The van der Waals surface area contributed by atoms with E-state index in [0.717, 1.165) is 6.07 Å².